The number of phenolic OH excluding ortho intramolecular Hbond substituents is 2. The molecule has 1 unspecified atom stereocenters. The molecule has 0 spiro atoms. The SMILES string of the molecule is C=CC(C)C(=O)NC(C)(C)CCOCC(C)(C)c1ccc2c(c1)nc(N)c1nc(CCCC)n(Cc3cccc(O)c3O)c12. The van der Waals surface area contributed by atoms with Gasteiger partial charge in [0, 0.05) is 34.9 Å². The number of unbranched alkanes of at least 4 members (excludes halogenated alkanes) is 1. The van der Waals surface area contributed by atoms with Crippen LogP contribution in [0.4, 0.5) is 5.82 Å². The van der Waals surface area contributed by atoms with Crippen molar-refractivity contribution in [3.8, 4) is 11.5 Å². The Labute approximate surface area is 260 Å². The molecular weight excluding hydrogens is 554 g/mol. The molecule has 9 heteroatoms. The number of hydrogen-bond acceptors (Lipinski definition) is 7. The number of hydrogen-bond donors (Lipinski definition) is 4. The number of anilines is 1. The summed E-state index contributed by atoms with van der Waals surface area (Å²) in [5, 5.41) is 24.7. The van der Waals surface area contributed by atoms with E-state index >= 15 is 0 Å². The molecule has 0 saturated carbocycles. The summed E-state index contributed by atoms with van der Waals surface area (Å²) in [4.78, 5) is 22.0. The zero-order valence-electron chi connectivity index (χ0n) is 26.9. The van der Waals surface area contributed by atoms with Crippen molar-refractivity contribution in [2.24, 2.45) is 5.92 Å². The minimum absolute atomic E-state index is 0.0417. The van der Waals surface area contributed by atoms with Crippen molar-refractivity contribution >= 4 is 33.7 Å². The highest BCUT2D eigenvalue weighted by molar-refractivity contribution is 6.06. The van der Waals surface area contributed by atoms with Crippen LogP contribution in [0.15, 0.2) is 49.1 Å². The van der Waals surface area contributed by atoms with Gasteiger partial charge in [-0.2, -0.15) is 0 Å². The maximum Gasteiger partial charge on any atom is 0.227 e. The molecule has 0 aliphatic heterocycles. The van der Waals surface area contributed by atoms with Crippen LogP contribution in [0.3, 0.4) is 0 Å². The van der Waals surface area contributed by atoms with E-state index in [-0.39, 0.29) is 28.7 Å². The number of aromatic hydroxyl groups is 2. The standard InChI is InChI=1S/C35H47N5O4/c1-8-10-14-28-38-29-30(40(28)20-23-12-11-13-27(41)31(23)42)25-16-15-24(19-26(25)37-32(29)36)34(4,5)21-44-18-17-35(6,7)39-33(43)22(3)9-2/h9,11-13,15-16,19,22,41-42H,2,8,10,14,17-18,20-21H2,1,3-7H3,(H2,36,37)(H,39,43). The highest BCUT2D eigenvalue weighted by Gasteiger charge is 2.26. The van der Waals surface area contributed by atoms with Gasteiger partial charge in [0.15, 0.2) is 17.3 Å². The Kier molecular flexibility index (Phi) is 9.88. The number of nitrogens with two attached hydrogens (primary N) is 1. The van der Waals surface area contributed by atoms with Crippen molar-refractivity contribution in [3.63, 3.8) is 0 Å². The lowest BCUT2D eigenvalue weighted by Gasteiger charge is -2.29. The van der Waals surface area contributed by atoms with Crippen molar-refractivity contribution < 1.29 is 19.7 Å². The first-order valence-electron chi connectivity index (χ1n) is 15.4. The van der Waals surface area contributed by atoms with Gasteiger partial charge in [0.2, 0.25) is 5.91 Å². The monoisotopic (exact) mass is 601 g/mol. The van der Waals surface area contributed by atoms with Gasteiger partial charge in [-0.05, 0) is 44.4 Å². The second-order valence-corrected chi connectivity index (χ2v) is 13.0. The van der Waals surface area contributed by atoms with Crippen LogP contribution in [0.1, 0.15) is 77.8 Å². The summed E-state index contributed by atoms with van der Waals surface area (Å²) < 4.78 is 8.22. The summed E-state index contributed by atoms with van der Waals surface area (Å²) in [5.41, 5.74) is 9.69. The van der Waals surface area contributed by atoms with Crippen LogP contribution < -0.4 is 11.1 Å². The zero-order chi connectivity index (χ0) is 32.2. The maximum atomic E-state index is 12.3. The van der Waals surface area contributed by atoms with Crippen LogP contribution in [0.5, 0.6) is 11.5 Å². The molecule has 1 atom stereocenters. The fourth-order valence-electron chi connectivity index (χ4n) is 5.31. The molecule has 2 aromatic heterocycles. The number of nitrogen functional groups attached to an aromatic ring is 1. The lowest BCUT2D eigenvalue weighted by Crippen LogP contribution is -2.46. The third kappa shape index (κ3) is 7.16. The third-order valence-corrected chi connectivity index (χ3v) is 8.31. The molecule has 4 rings (SSSR count). The van der Waals surface area contributed by atoms with E-state index in [1.807, 2.05) is 20.8 Å². The van der Waals surface area contributed by atoms with Gasteiger partial charge in [-0.15, -0.1) is 6.58 Å². The van der Waals surface area contributed by atoms with Crippen LogP contribution in [0.2, 0.25) is 0 Å². The number of phenols is 2. The normalized spacial score (nSPS) is 13.0. The molecule has 2 heterocycles. The number of imidazole rings is 1. The Hall–Kier alpha value is -4.11. The molecule has 0 bridgehead atoms. The molecular formula is C35H47N5O4. The number of benzene rings is 2. The van der Waals surface area contributed by atoms with E-state index in [2.05, 4.69) is 55.4 Å². The molecule has 236 valence electrons. The summed E-state index contributed by atoms with van der Waals surface area (Å²) in [6, 6.07) is 11.2. The molecule has 0 saturated heterocycles. The smallest absolute Gasteiger partial charge is 0.227 e. The zero-order valence-corrected chi connectivity index (χ0v) is 26.9. The number of para-hydroxylation sites is 1. The Morgan fingerprint density at radius 1 is 1.18 bits per heavy atom. The minimum atomic E-state index is -0.400. The van der Waals surface area contributed by atoms with Gasteiger partial charge >= 0.3 is 0 Å². The minimum Gasteiger partial charge on any atom is -0.504 e. The third-order valence-electron chi connectivity index (χ3n) is 8.31. The van der Waals surface area contributed by atoms with E-state index in [0.717, 1.165) is 47.1 Å². The maximum absolute atomic E-state index is 12.3. The highest BCUT2D eigenvalue weighted by Crippen LogP contribution is 2.35. The van der Waals surface area contributed by atoms with Crippen molar-refractivity contribution in [1.29, 1.82) is 0 Å². The van der Waals surface area contributed by atoms with Crippen LogP contribution in [-0.4, -0.2) is 49.4 Å². The number of nitrogens with zero attached hydrogens (tertiary/aromatic N) is 3. The molecule has 2 aromatic carbocycles. The molecule has 4 aromatic rings. The number of aryl methyl sites for hydroxylation is 1. The van der Waals surface area contributed by atoms with Crippen LogP contribution >= 0.6 is 0 Å². The van der Waals surface area contributed by atoms with Crippen molar-refractivity contribution in [3.05, 3.63) is 66.0 Å². The number of fused-ring (bicyclic) bond motifs is 3. The highest BCUT2D eigenvalue weighted by atomic mass is 16.5. The van der Waals surface area contributed by atoms with Crippen molar-refractivity contribution in [2.45, 2.75) is 84.7 Å². The molecule has 0 fully saturated rings. The molecule has 5 N–H and O–H groups in total. The van der Waals surface area contributed by atoms with Gasteiger partial charge in [-0.25, -0.2) is 9.97 Å². The predicted octanol–water partition coefficient (Wildman–Crippen LogP) is 6.37. The van der Waals surface area contributed by atoms with E-state index in [9.17, 15) is 15.0 Å². The molecule has 0 aliphatic rings. The number of carbonyl (C=O) groups is 1. The number of amides is 1. The fourth-order valence-corrected chi connectivity index (χ4v) is 5.31. The van der Waals surface area contributed by atoms with Crippen LogP contribution in [0, 0.1) is 5.92 Å². The first-order valence-corrected chi connectivity index (χ1v) is 15.4. The number of rotatable bonds is 14. The molecule has 1 amide bonds. The van der Waals surface area contributed by atoms with Crippen molar-refractivity contribution in [1.82, 2.24) is 19.9 Å². The predicted molar refractivity (Wildman–Crippen MR) is 177 cm³/mol. The molecule has 0 radical (unpaired) electrons. The first-order chi connectivity index (χ1) is 20.8. The van der Waals surface area contributed by atoms with Crippen molar-refractivity contribution in [2.75, 3.05) is 18.9 Å². The summed E-state index contributed by atoms with van der Waals surface area (Å²) in [7, 11) is 0. The lowest BCUT2D eigenvalue weighted by molar-refractivity contribution is -0.125. The van der Waals surface area contributed by atoms with E-state index in [1.165, 1.54) is 6.07 Å². The summed E-state index contributed by atoms with van der Waals surface area (Å²) in [6.45, 7) is 17.2. The fraction of sp³-hybridized carbons (Fsp3) is 0.457. The number of ether oxygens (including phenoxy) is 1. The largest absolute Gasteiger partial charge is 0.504 e. The summed E-state index contributed by atoms with van der Waals surface area (Å²) in [6.07, 6.45) is 5.03. The van der Waals surface area contributed by atoms with Gasteiger partial charge in [-0.1, -0.05) is 64.5 Å². The van der Waals surface area contributed by atoms with E-state index in [1.54, 1.807) is 18.2 Å². The van der Waals surface area contributed by atoms with Gasteiger partial charge in [0.25, 0.3) is 0 Å². The average Bonchev–Trinajstić information content (AvgIpc) is 3.34. The van der Waals surface area contributed by atoms with Gasteiger partial charge in [-0.3, -0.25) is 4.79 Å². The van der Waals surface area contributed by atoms with Crippen LogP contribution in [0.25, 0.3) is 21.9 Å². The number of carbonyl (C=O) groups excluding carboxylic acids is 1. The second-order valence-electron chi connectivity index (χ2n) is 13.0. The summed E-state index contributed by atoms with van der Waals surface area (Å²) >= 11 is 0. The number of aromatic nitrogens is 3. The van der Waals surface area contributed by atoms with E-state index in [0.29, 0.717) is 43.1 Å². The quantitative estimate of drug-likeness (QED) is 0.0749. The number of nitrogens with one attached hydrogen (secondary N) is 1. The molecule has 9 nitrogen and oxygen atoms in total. The molecule has 0 aliphatic carbocycles. The average molecular weight is 602 g/mol. The van der Waals surface area contributed by atoms with Crippen LogP contribution in [-0.2, 0) is 27.9 Å². The van der Waals surface area contributed by atoms with Gasteiger partial charge in [0.1, 0.15) is 11.3 Å². The molecule has 44 heavy (non-hydrogen) atoms. The summed E-state index contributed by atoms with van der Waals surface area (Å²) in [5.74, 6) is 0.638. The topological polar surface area (TPSA) is 136 Å². The Balaban J connectivity index is 1.61. The number of pyridine rings is 1. The van der Waals surface area contributed by atoms with E-state index in [4.69, 9.17) is 20.4 Å². The first kappa shape index (κ1) is 32.8. The Morgan fingerprint density at radius 2 is 1.93 bits per heavy atom. The Morgan fingerprint density at radius 3 is 2.64 bits per heavy atom. The second kappa shape index (κ2) is 13.3. The van der Waals surface area contributed by atoms with Gasteiger partial charge in [0.05, 0.1) is 30.1 Å². The Bertz CT molecular complexity index is 1660. The lowest BCUT2D eigenvalue weighted by atomic mass is 9.85. The van der Waals surface area contributed by atoms with E-state index < -0.39 is 5.54 Å². The van der Waals surface area contributed by atoms with Gasteiger partial charge < -0.3 is 30.6 Å².